The first-order chi connectivity index (χ1) is 10.5. The third-order valence-corrected chi connectivity index (χ3v) is 5.52. The van der Waals surface area contributed by atoms with E-state index in [-0.39, 0.29) is 45.5 Å². The van der Waals surface area contributed by atoms with Gasteiger partial charge in [-0.15, -0.1) is 0 Å². The van der Waals surface area contributed by atoms with E-state index in [2.05, 4.69) is 5.43 Å². The summed E-state index contributed by atoms with van der Waals surface area (Å²) in [7, 11) is 0. The largest absolute Gasteiger partial charge is 0.286 e. The van der Waals surface area contributed by atoms with Gasteiger partial charge in [-0.3, -0.25) is 15.0 Å². The number of fused-ring (bicyclic) bond motifs is 5. The molecule has 2 amide bonds. The van der Waals surface area contributed by atoms with Gasteiger partial charge in [-0.2, -0.15) is 5.01 Å². The van der Waals surface area contributed by atoms with Crippen molar-refractivity contribution in [1.29, 1.82) is 0 Å². The highest BCUT2D eigenvalue weighted by Crippen LogP contribution is 2.52. The van der Waals surface area contributed by atoms with E-state index in [1.165, 1.54) is 12.1 Å². The molecule has 1 heterocycles. The van der Waals surface area contributed by atoms with E-state index in [4.69, 9.17) is 34.8 Å². The fraction of sp³-hybridized carbons (Fsp3) is 0.333. The molecule has 2 bridgehead atoms. The van der Waals surface area contributed by atoms with Crippen LogP contribution in [0, 0.1) is 23.7 Å². The number of benzene rings is 1. The van der Waals surface area contributed by atoms with E-state index in [1.54, 1.807) is 0 Å². The average Bonchev–Trinajstić information content (AvgIpc) is 3.10. The number of imide groups is 1. The number of hydrazine groups is 1. The maximum atomic E-state index is 12.6. The van der Waals surface area contributed by atoms with Crippen LogP contribution in [-0.2, 0) is 9.59 Å². The van der Waals surface area contributed by atoms with Gasteiger partial charge < -0.3 is 0 Å². The van der Waals surface area contributed by atoms with Gasteiger partial charge in [0.1, 0.15) is 0 Å². The molecule has 0 aromatic heterocycles. The smallest absolute Gasteiger partial charge is 0.252 e. The Balaban J connectivity index is 1.66. The first-order valence-electron chi connectivity index (χ1n) is 6.94. The van der Waals surface area contributed by atoms with Gasteiger partial charge >= 0.3 is 0 Å². The Bertz CT molecular complexity index is 680. The van der Waals surface area contributed by atoms with Crippen LogP contribution >= 0.6 is 34.8 Å². The van der Waals surface area contributed by atoms with Crippen molar-refractivity contribution in [3.63, 3.8) is 0 Å². The number of carbonyl (C=O) groups is 2. The lowest BCUT2D eigenvalue weighted by Gasteiger charge is -2.20. The number of carbonyl (C=O) groups excluding carboxylic acids is 2. The van der Waals surface area contributed by atoms with E-state index >= 15 is 0 Å². The Hall–Kier alpha value is -1.23. The predicted molar refractivity (Wildman–Crippen MR) is 84.7 cm³/mol. The van der Waals surface area contributed by atoms with E-state index in [0.717, 1.165) is 11.4 Å². The number of nitrogens with one attached hydrogen (secondary N) is 1. The first-order valence-corrected chi connectivity index (χ1v) is 8.08. The summed E-state index contributed by atoms with van der Waals surface area (Å²) in [5.41, 5.74) is 3.10. The molecule has 4 rings (SSSR count). The molecular formula is C15H11Cl3N2O2. The monoisotopic (exact) mass is 356 g/mol. The summed E-state index contributed by atoms with van der Waals surface area (Å²) in [6.07, 6.45) is 4.98. The number of nitrogens with zero attached hydrogens (tertiary/aromatic N) is 1. The Morgan fingerprint density at radius 1 is 0.955 bits per heavy atom. The van der Waals surface area contributed by atoms with E-state index < -0.39 is 0 Å². The number of anilines is 1. The molecule has 0 spiro atoms. The maximum Gasteiger partial charge on any atom is 0.252 e. The quantitative estimate of drug-likeness (QED) is 0.647. The molecule has 1 aliphatic heterocycles. The predicted octanol–water partition coefficient (Wildman–Crippen LogP) is 3.78. The summed E-state index contributed by atoms with van der Waals surface area (Å²) in [5, 5.41) is 1.97. The van der Waals surface area contributed by atoms with Crippen molar-refractivity contribution in [2.24, 2.45) is 23.7 Å². The van der Waals surface area contributed by atoms with Gasteiger partial charge in [0.15, 0.2) is 0 Å². The Labute approximate surface area is 142 Å². The fourth-order valence-corrected chi connectivity index (χ4v) is 4.67. The third kappa shape index (κ3) is 1.91. The molecule has 1 saturated heterocycles. The fourth-order valence-electron chi connectivity index (χ4n) is 3.77. The average molecular weight is 358 g/mol. The van der Waals surface area contributed by atoms with Crippen LogP contribution in [0.2, 0.25) is 15.1 Å². The standard InChI is InChI=1S/C15H11Cl3N2O2/c16-8-4-9(17)13(10(18)5-8)19-20-14(21)11-6-1-2-7(3-6)12(11)15(20)22/h1-2,4-7,11-12,19H,3H2/t6-,7-,11-,12+/m1/s1. The van der Waals surface area contributed by atoms with Crippen LogP contribution in [0.3, 0.4) is 0 Å². The van der Waals surface area contributed by atoms with Gasteiger partial charge in [-0.05, 0) is 30.4 Å². The molecule has 22 heavy (non-hydrogen) atoms. The summed E-state index contributed by atoms with van der Waals surface area (Å²) in [5.74, 6) is -0.633. The van der Waals surface area contributed by atoms with Gasteiger partial charge in [-0.1, -0.05) is 47.0 Å². The molecule has 4 atom stereocenters. The van der Waals surface area contributed by atoms with Gasteiger partial charge in [0, 0.05) is 5.02 Å². The van der Waals surface area contributed by atoms with Crippen molar-refractivity contribution in [3.05, 3.63) is 39.4 Å². The molecule has 2 aliphatic carbocycles. The number of allylic oxidation sites excluding steroid dienone is 2. The minimum absolute atomic E-state index is 0.161. The molecule has 1 aromatic carbocycles. The van der Waals surface area contributed by atoms with Gasteiger partial charge in [-0.25, -0.2) is 0 Å². The molecule has 2 fully saturated rings. The van der Waals surface area contributed by atoms with Crippen LogP contribution in [0.5, 0.6) is 0 Å². The lowest BCUT2D eigenvalue weighted by atomic mass is 9.85. The van der Waals surface area contributed by atoms with Gasteiger partial charge in [0.25, 0.3) is 11.8 Å². The van der Waals surface area contributed by atoms with Crippen LogP contribution in [0.1, 0.15) is 6.42 Å². The summed E-state index contributed by atoms with van der Waals surface area (Å²) in [4.78, 5) is 25.2. The lowest BCUT2D eigenvalue weighted by Crippen LogP contribution is -2.38. The molecule has 0 radical (unpaired) electrons. The maximum absolute atomic E-state index is 12.6. The third-order valence-electron chi connectivity index (χ3n) is 4.70. The Morgan fingerprint density at radius 3 is 1.95 bits per heavy atom. The lowest BCUT2D eigenvalue weighted by molar-refractivity contribution is -0.139. The highest BCUT2D eigenvalue weighted by Gasteiger charge is 2.59. The minimum atomic E-state index is -0.264. The number of halogens is 3. The SMILES string of the molecule is O=C1[C@@H]2[C@H](C(=O)N1Nc1c(Cl)cc(Cl)cc1Cl)[C@@H]1C=C[C@@H]2C1. The summed E-state index contributed by atoms with van der Waals surface area (Å²) < 4.78 is 0. The van der Waals surface area contributed by atoms with Crippen molar-refractivity contribution in [2.75, 3.05) is 5.43 Å². The number of amides is 2. The highest BCUT2D eigenvalue weighted by molar-refractivity contribution is 6.41. The Kier molecular flexibility index (Phi) is 3.19. The number of hydrogen-bond acceptors (Lipinski definition) is 3. The van der Waals surface area contributed by atoms with Crippen LogP contribution in [0.25, 0.3) is 0 Å². The van der Waals surface area contributed by atoms with Crippen LogP contribution < -0.4 is 5.43 Å². The number of hydrogen-bond donors (Lipinski definition) is 1. The van der Waals surface area contributed by atoms with Crippen LogP contribution in [0.15, 0.2) is 24.3 Å². The Morgan fingerprint density at radius 2 is 1.45 bits per heavy atom. The minimum Gasteiger partial charge on any atom is -0.286 e. The highest BCUT2D eigenvalue weighted by atomic mass is 35.5. The summed E-state index contributed by atoms with van der Waals surface area (Å²) in [6.45, 7) is 0. The zero-order valence-electron chi connectivity index (χ0n) is 11.2. The van der Waals surface area contributed by atoms with Crippen molar-refractivity contribution in [1.82, 2.24) is 5.01 Å². The topological polar surface area (TPSA) is 49.4 Å². The molecule has 3 aliphatic rings. The molecule has 1 aromatic rings. The van der Waals surface area contributed by atoms with Gasteiger partial charge in [0.2, 0.25) is 0 Å². The molecule has 4 nitrogen and oxygen atoms in total. The second-order valence-corrected chi connectivity index (χ2v) is 7.12. The molecular weight excluding hydrogens is 347 g/mol. The van der Waals surface area contributed by atoms with E-state index in [1.807, 2.05) is 12.2 Å². The van der Waals surface area contributed by atoms with E-state index in [9.17, 15) is 9.59 Å². The van der Waals surface area contributed by atoms with Crippen molar-refractivity contribution >= 4 is 52.3 Å². The van der Waals surface area contributed by atoms with E-state index in [0.29, 0.717) is 10.7 Å². The second-order valence-electron chi connectivity index (χ2n) is 5.87. The molecule has 1 N–H and O–H groups in total. The second kappa shape index (κ2) is 4.88. The summed E-state index contributed by atoms with van der Waals surface area (Å²) in [6, 6.07) is 3.02. The zero-order valence-corrected chi connectivity index (χ0v) is 13.5. The summed E-state index contributed by atoms with van der Waals surface area (Å²) >= 11 is 18.1. The molecule has 7 heteroatoms. The van der Waals surface area contributed by atoms with Crippen molar-refractivity contribution < 1.29 is 9.59 Å². The van der Waals surface area contributed by atoms with Crippen molar-refractivity contribution in [2.45, 2.75) is 6.42 Å². The van der Waals surface area contributed by atoms with Gasteiger partial charge in [0.05, 0.1) is 27.6 Å². The van der Waals surface area contributed by atoms with Crippen LogP contribution in [-0.4, -0.2) is 16.8 Å². The molecule has 114 valence electrons. The first kappa shape index (κ1) is 14.4. The normalized spacial score (nSPS) is 32.0. The molecule has 1 saturated carbocycles. The van der Waals surface area contributed by atoms with Crippen LogP contribution in [0.4, 0.5) is 5.69 Å². The zero-order chi connectivity index (χ0) is 15.6. The van der Waals surface area contributed by atoms with Crippen molar-refractivity contribution in [3.8, 4) is 0 Å². The number of rotatable bonds is 2. The molecule has 0 unspecified atom stereocenters.